The molecule has 0 spiro atoms. The molecule has 7 heterocycles. The molecule has 0 aliphatic carbocycles. The average molecular weight is 545 g/mol. The maximum atomic E-state index is 4.86. The molecule has 1 fully saturated rings. The van der Waals surface area contributed by atoms with Crippen LogP contribution in [0, 0.1) is 0 Å². The lowest BCUT2D eigenvalue weighted by atomic mass is 10.2. The van der Waals surface area contributed by atoms with Crippen LogP contribution in [0.2, 0.25) is 0 Å². The van der Waals surface area contributed by atoms with Crippen LogP contribution in [0.4, 0.5) is 11.6 Å². The lowest BCUT2D eigenvalue weighted by Crippen LogP contribution is -2.47. The van der Waals surface area contributed by atoms with Gasteiger partial charge in [0.05, 0.1) is 11.0 Å². The molecule has 196 valence electrons. The monoisotopic (exact) mass is 544 g/mol. The number of hydrogen-bond donors (Lipinski definition) is 2. The predicted molar refractivity (Wildman–Crippen MR) is 160 cm³/mol. The first kappa shape index (κ1) is 23.9. The van der Waals surface area contributed by atoms with Crippen LogP contribution < -0.4 is 10.6 Å². The molecular weight excluding hydrogens is 512 g/mol. The minimum atomic E-state index is 0.940. The van der Waals surface area contributed by atoms with Crippen LogP contribution in [0.5, 0.6) is 0 Å². The molecule has 0 atom stereocenters. The van der Waals surface area contributed by atoms with Crippen LogP contribution in [0.1, 0.15) is 12.8 Å². The van der Waals surface area contributed by atoms with Crippen LogP contribution in [0.15, 0.2) is 59.6 Å². The summed E-state index contributed by atoms with van der Waals surface area (Å²) >= 11 is 3.48. The number of nitrogens with zero attached hydrogens (tertiary/aromatic N) is 6. The van der Waals surface area contributed by atoms with Gasteiger partial charge in [-0.1, -0.05) is 0 Å². The van der Waals surface area contributed by atoms with Gasteiger partial charge in [0.15, 0.2) is 11.6 Å². The van der Waals surface area contributed by atoms with Crippen LogP contribution >= 0.6 is 22.7 Å². The number of fused-ring (bicyclic) bond motifs is 6. The molecule has 1 aliphatic rings. The van der Waals surface area contributed by atoms with Crippen molar-refractivity contribution in [3.05, 3.63) is 59.6 Å². The Hall–Kier alpha value is -3.18. The highest BCUT2D eigenvalue weighted by molar-refractivity contribution is 7.17. The van der Waals surface area contributed by atoms with Gasteiger partial charge in [-0.15, -0.1) is 22.7 Å². The van der Waals surface area contributed by atoms with Crippen LogP contribution in [-0.4, -0.2) is 80.9 Å². The van der Waals surface area contributed by atoms with E-state index in [1.807, 2.05) is 0 Å². The lowest BCUT2D eigenvalue weighted by Gasteiger charge is -2.34. The van der Waals surface area contributed by atoms with Gasteiger partial charge in [-0.05, 0) is 73.1 Å². The number of hydrogen-bond acceptors (Lipinski definition) is 8. The molecule has 0 radical (unpaired) electrons. The molecule has 7 rings (SSSR count). The summed E-state index contributed by atoms with van der Waals surface area (Å²) in [4.78, 5) is 17.3. The Labute approximate surface area is 229 Å². The van der Waals surface area contributed by atoms with E-state index in [9.17, 15) is 0 Å². The van der Waals surface area contributed by atoms with Crippen molar-refractivity contribution in [2.24, 2.45) is 0 Å². The van der Waals surface area contributed by atoms with E-state index in [4.69, 9.17) is 9.97 Å². The first-order chi connectivity index (χ1) is 18.8. The Morgan fingerprint density at radius 3 is 1.61 bits per heavy atom. The number of aromatic nitrogens is 4. The van der Waals surface area contributed by atoms with Gasteiger partial charge >= 0.3 is 0 Å². The van der Waals surface area contributed by atoms with E-state index in [0.717, 1.165) is 98.9 Å². The summed E-state index contributed by atoms with van der Waals surface area (Å²) < 4.78 is 4.48. The van der Waals surface area contributed by atoms with Gasteiger partial charge in [-0.2, -0.15) is 0 Å². The molecule has 0 amide bonds. The van der Waals surface area contributed by atoms with Crippen molar-refractivity contribution < 1.29 is 0 Å². The summed E-state index contributed by atoms with van der Waals surface area (Å²) in [6, 6.07) is 12.7. The van der Waals surface area contributed by atoms with E-state index in [-0.39, 0.29) is 0 Å². The third-order valence-corrected chi connectivity index (χ3v) is 9.29. The standard InChI is InChI=1S/C28H32N8S2/c1-5-23-25(31-21-7-19-37-27(21)35(23)13-1)29-9-3-11-33-15-17-34(18-16-33)12-4-10-30-26-24-6-2-14-36(24)28-22(32-26)8-20-38-28/h1-2,5-8,13-14,19-20H,3-4,9-12,15-18H2,(H,29,31)(H,30,32). The third-order valence-electron chi connectivity index (χ3n) is 7.49. The SMILES string of the molecule is c1cc2c(NCCCN3CCN(CCCNc4nc5ccsc5n5cccc45)CC3)nc3ccsc3n2c1. The van der Waals surface area contributed by atoms with E-state index < -0.39 is 0 Å². The Morgan fingerprint density at radius 2 is 1.13 bits per heavy atom. The van der Waals surface area contributed by atoms with Gasteiger partial charge < -0.3 is 29.2 Å². The Balaban J connectivity index is 0.834. The van der Waals surface area contributed by atoms with Crippen molar-refractivity contribution in [3.8, 4) is 0 Å². The van der Waals surface area contributed by atoms with Gasteiger partial charge in [-0.25, -0.2) is 9.97 Å². The molecule has 0 saturated carbocycles. The van der Waals surface area contributed by atoms with E-state index in [1.54, 1.807) is 22.7 Å². The van der Waals surface area contributed by atoms with E-state index in [2.05, 4.69) is 88.8 Å². The van der Waals surface area contributed by atoms with Gasteiger partial charge in [0.25, 0.3) is 0 Å². The molecule has 6 aromatic rings. The quantitative estimate of drug-likeness (QED) is 0.227. The van der Waals surface area contributed by atoms with Crippen molar-refractivity contribution in [1.82, 2.24) is 28.6 Å². The van der Waals surface area contributed by atoms with Crippen molar-refractivity contribution in [2.45, 2.75) is 12.8 Å². The number of piperazine rings is 1. The van der Waals surface area contributed by atoms with Crippen molar-refractivity contribution in [2.75, 3.05) is 63.0 Å². The normalized spacial score (nSPS) is 15.4. The zero-order valence-electron chi connectivity index (χ0n) is 21.3. The lowest BCUT2D eigenvalue weighted by molar-refractivity contribution is 0.132. The van der Waals surface area contributed by atoms with Gasteiger partial charge in [0.1, 0.15) is 20.7 Å². The highest BCUT2D eigenvalue weighted by atomic mass is 32.1. The second kappa shape index (κ2) is 10.5. The molecule has 8 nitrogen and oxygen atoms in total. The predicted octanol–water partition coefficient (Wildman–Crippen LogP) is 5.33. The highest BCUT2D eigenvalue weighted by Crippen LogP contribution is 2.27. The van der Waals surface area contributed by atoms with Gasteiger partial charge in [0.2, 0.25) is 0 Å². The fourth-order valence-corrected chi connectivity index (χ4v) is 7.16. The first-order valence-electron chi connectivity index (χ1n) is 13.4. The molecule has 0 unspecified atom stereocenters. The van der Waals surface area contributed by atoms with E-state index in [1.165, 1.54) is 9.66 Å². The summed E-state index contributed by atoms with van der Waals surface area (Å²) in [5, 5.41) is 11.4. The fourth-order valence-electron chi connectivity index (χ4n) is 5.49. The summed E-state index contributed by atoms with van der Waals surface area (Å²) in [6.45, 7) is 8.74. The largest absolute Gasteiger partial charge is 0.368 e. The van der Waals surface area contributed by atoms with Gasteiger partial charge in [-0.3, -0.25) is 0 Å². The highest BCUT2D eigenvalue weighted by Gasteiger charge is 2.16. The molecule has 1 aliphatic heterocycles. The number of rotatable bonds is 10. The second-order valence-electron chi connectivity index (χ2n) is 9.91. The minimum Gasteiger partial charge on any atom is -0.368 e. The zero-order valence-corrected chi connectivity index (χ0v) is 23.0. The van der Waals surface area contributed by atoms with Gasteiger partial charge in [0, 0.05) is 51.7 Å². The average Bonchev–Trinajstić information content (AvgIpc) is 3.74. The zero-order chi connectivity index (χ0) is 25.3. The smallest absolute Gasteiger partial charge is 0.151 e. The van der Waals surface area contributed by atoms with Crippen molar-refractivity contribution in [3.63, 3.8) is 0 Å². The molecule has 38 heavy (non-hydrogen) atoms. The summed E-state index contributed by atoms with van der Waals surface area (Å²) in [6.07, 6.45) is 6.49. The van der Waals surface area contributed by atoms with Crippen LogP contribution in [0.25, 0.3) is 31.7 Å². The molecule has 6 aromatic heterocycles. The van der Waals surface area contributed by atoms with Crippen molar-refractivity contribution >= 4 is 66.0 Å². The molecule has 2 N–H and O–H groups in total. The summed E-state index contributed by atoms with van der Waals surface area (Å²) in [7, 11) is 0. The van der Waals surface area contributed by atoms with E-state index in [0.29, 0.717) is 0 Å². The topological polar surface area (TPSA) is 65.1 Å². The molecular formula is C28H32N8S2. The minimum absolute atomic E-state index is 0.940. The molecule has 0 bridgehead atoms. The Kier molecular flexibility index (Phi) is 6.62. The number of thiophene rings is 2. The Morgan fingerprint density at radius 1 is 0.658 bits per heavy atom. The van der Waals surface area contributed by atoms with Crippen molar-refractivity contribution in [1.29, 1.82) is 0 Å². The summed E-state index contributed by atoms with van der Waals surface area (Å²) in [5.41, 5.74) is 4.43. The van der Waals surface area contributed by atoms with E-state index >= 15 is 0 Å². The molecule has 10 heteroatoms. The molecule has 0 aromatic carbocycles. The fraction of sp³-hybridized carbons (Fsp3) is 0.357. The maximum absolute atomic E-state index is 4.86. The first-order valence-corrected chi connectivity index (χ1v) is 15.2. The summed E-state index contributed by atoms with van der Waals surface area (Å²) in [5.74, 6) is 1.98. The second-order valence-corrected chi connectivity index (χ2v) is 11.7. The van der Waals surface area contributed by atoms with Crippen LogP contribution in [-0.2, 0) is 0 Å². The Bertz CT molecular complexity index is 1550. The maximum Gasteiger partial charge on any atom is 0.151 e. The molecule has 1 saturated heterocycles. The third kappa shape index (κ3) is 4.62. The van der Waals surface area contributed by atoms with Crippen LogP contribution in [0.3, 0.4) is 0 Å². The number of nitrogens with one attached hydrogen (secondary N) is 2. The number of anilines is 2.